The molecule has 1 amide bonds. The predicted molar refractivity (Wildman–Crippen MR) is 369 cm³/mol. The van der Waals surface area contributed by atoms with E-state index in [1.165, 1.54) is 334 Å². The predicted octanol–water partition coefficient (Wildman–Crippen LogP) is 21.4. The van der Waals surface area contributed by atoms with Crippen molar-refractivity contribution in [2.45, 2.75) is 436 Å². The Morgan fingerprint density at radius 2 is 0.663 bits per heavy atom. The van der Waals surface area contributed by atoms with E-state index in [0.29, 0.717) is 6.42 Å². The third-order valence-corrected chi connectivity index (χ3v) is 18.4. The molecule has 9 heteroatoms. The number of rotatable bonds is 68. The number of hydrogen-bond acceptors (Lipinski definition) is 8. The highest BCUT2D eigenvalue weighted by molar-refractivity contribution is 5.76. The van der Waals surface area contributed by atoms with Crippen molar-refractivity contribution in [1.82, 2.24) is 5.32 Å². The lowest BCUT2D eigenvalue weighted by molar-refractivity contribution is -0.302. The highest BCUT2D eigenvalue weighted by Crippen LogP contribution is 2.24. The fourth-order valence-corrected chi connectivity index (χ4v) is 12.5. The second-order valence-corrected chi connectivity index (χ2v) is 26.8. The molecule has 0 radical (unpaired) electrons. The van der Waals surface area contributed by atoms with E-state index in [2.05, 4.69) is 43.5 Å². The summed E-state index contributed by atoms with van der Waals surface area (Å²) in [5.41, 5.74) is 0. The Balaban J connectivity index is 2.10. The summed E-state index contributed by atoms with van der Waals surface area (Å²) >= 11 is 0. The van der Waals surface area contributed by atoms with Gasteiger partial charge in [-0.15, -0.1) is 0 Å². The zero-order chi connectivity index (χ0) is 62.1. The van der Waals surface area contributed by atoms with Crippen LogP contribution >= 0.6 is 0 Å². The third kappa shape index (κ3) is 54.2. The minimum Gasteiger partial charge on any atom is -0.394 e. The Morgan fingerprint density at radius 1 is 0.384 bits per heavy atom. The maximum atomic E-state index is 13.1. The highest BCUT2D eigenvalue weighted by atomic mass is 16.7. The van der Waals surface area contributed by atoms with E-state index in [-0.39, 0.29) is 12.5 Å². The molecule has 0 aromatic heterocycles. The van der Waals surface area contributed by atoms with Gasteiger partial charge in [0.2, 0.25) is 5.91 Å². The summed E-state index contributed by atoms with van der Waals surface area (Å²) in [5.74, 6) is -0.178. The van der Waals surface area contributed by atoms with Crippen LogP contribution < -0.4 is 5.32 Å². The number of amides is 1. The van der Waals surface area contributed by atoms with Gasteiger partial charge in [0.1, 0.15) is 24.4 Å². The molecule has 7 unspecified atom stereocenters. The first-order valence-corrected chi connectivity index (χ1v) is 38.2. The summed E-state index contributed by atoms with van der Waals surface area (Å²) in [4.78, 5) is 13.1. The van der Waals surface area contributed by atoms with Gasteiger partial charge in [-0.2, -0.15) is 0 Å². The molecule has 7 atom stereocenters. The van der Waals surface area contributed by atoms with Gasteiger partial charge >= 0.3 is 0 Å². The SMILES string of the molecule is CCCCCCCCCC/C=C\CCCCCCCCCCCCCCCCCCCCCC(=O)NC(COC1OC(CO)C(O)C(O)C1O)C(O)/C=C/CC/C=C/CCCCCCCCCCCCCCCCCCCCCCCCCCCC. The first-order chi connectivity index (χ1) is 42.3. The molecule has 0 spiro atoms. The molecule has 1 aliphatic rings. The average molecular weight is 1220 g/mol. The second kappa shape index (κ2) is 66.3. The molecule has 1 rings (SSSR count). The molecule has 0 aliphatic carbocycles. The minimum absolute atomic E-state index is 0.178. The first kappa shape index (κ1) is 82.4. The molecule has 0 bridgehead atoms. The number of nitrogens with one attached hydrogen (secondary N) is 1. The van der Waals surface area contributed by atoms with Crippen LogP contribution in [-0.4, -0.2) is 87.5 Å². The summed E-state index contributed by atoms with van der Waals surface area (Å²) in [6.07, 6.45) is 82.9. The summed E-state index contributed by atoms with van der Waals surface area (Å²) in [6, 6.07) is -0.822. The van der Waals surface area contributed by atoms with Gasteiger partial charge in [-0.1, -0.05) is 365 Å². The molecule has 1 aliphatic heterocycles. The smallest absolute Gasteiger partial charge is 0.220 e. The van der Waals surface area contributed by atoms with Crippen molar-refractivity contribution in [3.8, 4) is 0 Å². The van der Waals surface area contributed by atoms with Crippen LogP contribution in [0.3, 0.4) is 0 Å². The van der Waals surface area contributed by atoms with Gasteiger partial charge in [0.15, 0.2) is 6.29 Å². The van der Waals surface area contributed by atoms with Crippen LogP contribution in [0.25, 0.3) is 0 Å². The Morgan fingerprint density at radius 3 is 0.977 bits per heavy atom. The van der Waals surface area contributed by atoms with E-state index in [1.54, 1.807) is 6.08 Å². The molecule has 1 heterocycles. The van der Waals surface area contributed by atoms with Crippen molar-refractivity contribution in [1.29, 1.82) is 0 Å². The Kier molecular flexibility index (Phi) is 63.6. The van der Waals surface area contributed by atoms with Gasteiger partial charge in [-0.05, 0) is 57.8 Å². The van der Waals surface area contributed by atoms with Gasteiger partial charge in [0.25, 0.3) is 0 Å². The Hall–Kier alpha value is -1.59. The van der Waals surface area contributed by atoms with Crippen LogP contribution in [0.1, 0.15) is 393 Å². The number of unbranched alkanes of at least 4 members (excludes halogenated alkanes) is 54. The maximum Gasteiger partial charge on any atom is 0.220 e. The molecule has 508 valence electrons. The Bertz CT molecular complexity index is 1450. The van der Waals surface area contributed by atoms with Crippen LogP contribution in [0.2, 0.25) is 0 Å². The largest absolute Gasteiger partial charge is 0.394 e. The van der Waals surface area contributed by atoms with Gasteiger partial charge in [0.05, 0.1) is 25.4 Å². The number of aliphatic hydroxyl groups excluding tert-OH is 5. The lowest BCUT2D eigenvalue weighted by Crippen LogP contribution is -2.60. The number of aliphatic hydroxyl groups is 5. The van der Waals surface area contributed by atoms with E-state index in [4.69, 9.17) is 9.47 Å². The van der Waals surface area contributed by atoms with Crippen LogP contribution in [0.5, 0.6) is 0 Å². The third-order valence-electron chi connectivity index (χ3n) is 18.4. The van der Waals surface area contributed by atoms with E-state index < -0.39 is 49.5 Å². The van der Waals surface area contributed by atoms with Gasteiger partial charge in [0, 0.05) is 6.42 Å². The number of allylic oxidation sites excluding steroid dienone is 5. The standard InChI is InChI=1S/C77H147NO8/c1-3-5-7-9-11-13-15-17-19-21-23-25-27-29-31-33-35-37-38-40-42-44-46-48-50-52-54-56-58-60-62-64-66-71(80)70(69-85-77-76(84)75(83)74(82)72(68-79)86-77)78-73(81)67-65-63-61-59-57-55-53-51-49-47-45-43-41-39-36-34-32-30-28-26-24-22-20-18-16-14-12-10-8-6-4-2/h22,24,56,58,64,66,70-72,74-77,79-80,82-84H,3-21,23,25-55,57,59-63,65,67-69H2,1-2H3,(H,78,81)/b24-22-,58-56+,66-64+. The molecule has 0 saturated carbocycles. The molecular weight excluding hydrogens is 1070 g/mol. The lowest BCUT2D eigenvalue weighted by Gasteiger charge is -2.40. The van der Waals surface area contributed by atoms with Crippen molar-refractivity contribution in [3.63, 3.8) is 0 Å². The van der Waals surface area contributed by atoms with E-state index in [0.717, 1.165) is 38.5 Å². The topological polar surface area (TPSA) is 149 Å². The fraction of sp³-hybridized carbons (Fsp3) is 0.909. The lowest BCUT2D eigenvalue weighted by atomic mass is 9.99. The molecule has 1 saturated heterocycles. The maximum absolute atomic E-state index is 13.1. The summed E-state index contributed by atoms with van der Waals surface area (Å²) in [7, 11) is 0. The van der Waals surface area contributed by atoms with Crippen LogP contribution in [0, 0.1) is 0 Å². The van der Waals surface area contributed by atoms with E-state index in [9.17, 15) is 30.3 Å². The normalized spacial score (nSPS) is 18.2. The van der Waals surface area contributed by atoms with E-state index >= 15 is 0 Å². The molecule has 9 nitrogen and oxygen atoms in total. The van der Waals surface area contributed by atoms with Crippen molar-refractivity contribution < 1.29 is 39.8 Å². The van der Waals surface area contributed by atoms with Crippen LogP contribution in [-0.2, 0) is 14.3 Å². The van der Waals surface area contributed by atoms with Gasteiger partial charge < -0.3 is 40.3 Å². The van der Waals surface area contributed by atoms with Crippen molar-refractivity contribution in [2.75, 3.05) is 13.2 Å². The van der Waals surface area contributed by atoms with Crippen molar-refractivity contribution in [2.24, 2.45) is 0 Å². The number of ether oxygens (including phenoxy) is 2. The second-order valence-electron chi connectivity index (χ2n) is 26.8. The fourth-order valence-electron chi connectivity index (χ4n) is 12.5. The zero-order valence-electron chi connectivity index (χ0n) is 57.1. The molecule has 6 N–H and O–H groups in total. The number of hydrogen-bond donors (Lipinski definition) is 6. The van der Waals surface area contributed by atoms with Gasteiger partial charge in [-0.3, -0.25) is 4.79 Å². The molecular formula is C77H147NO8. The molecule has 0 aromatic carbocycles. The van der Waals surface area contributed by atoms with Crippen molar-refractivity contribution in [3.05, 3.63) is 36.5 Å². The number of carbonyl (C=O) groups excluding carboxylic acids is 1. The quantitative estimate of drug-likeness (QED) is 0.0261. The summed E-state index contributed by atoms with van der Waals surface area (Å²) < 4.78 is 11.3. The summed E-state index contributed by atoms with van der Waals surface area (Å²) in [6.45, 7) is 3.83. The average Bonchev–Trinajstić information content (AvgIpc) is 3.59. The minimum atomic E-state index is -1.57. The van der Waals surface area contributed by atoms with Crippen molar-refractivity contribution >= 4 is 5.91 Å². The zero-order valence-corrected chi connectivity index (χ0v) is 57.1. The van der Waals surface area contributed by atoms with Crippen LogP contribution in [0.4, 0.5) is 0 Å². The highest BCUT2D eigenvalue weighted by Gasteiger charge is 2.44. The number of carbonyl (C=O) groups is 1. The first-order valence-electron chi connectivity index (χ1n) is 38.2. The van der Waals surface area contributed by atoms with Gasteiger partial charge in [-0.25, -0.2) is 0 Å². The monoisotopic (exact) mass is 1210 g/mol. The Labute approximate surface area is 533 Å². The van der Waals surface area contributed by atoms with Crippen LogP contribution in [0.15, 0.2) is 36.5 Å². The summed E-state index contributed by atoms with van der Waals surface area (Å²) in [5, 5.41) is 54.8. The van der Waals surface area contributed by atoms with E-state index in [1.807, 2.05) is 6.08 Å². The molecule has 0 aromatic rings. The molecule has 1 fully saturated rings. The molecule has 86 heavy (non-hydrogen) atoms.